The highest BCUT2D eigenvalue weighted by Crippen LogP contribution is 2.25. The summed E-state index contributed by atoms with van der Waals surface area (Å²) in [6, 6.07) is -0.194. The largest absolute Gasteiger partial charge is 0.352 e. The number of nitrogens with one attached hydrogen (secondary N) is 1. The van der Waals surface area contributed by atoms with Crippen LogP contribution in [0.4, 0.5) is 0 Å². The molecule has 1 aliphatic heterocycles. The number of nitrogens with two attached hydrogens (primary N) is 1. The molecule has 1 saturated heterocycles. The number of hydrogen-bond acceptors (Lipinski definition) is 4. The third-order valence-electron chi connectivity index (χ3n) is 3.45. The summed E-state index contributed by atoms with van der Waals surface area (Å²) < 4.78 is 22.5. The van der Waals surface area contributed by atoms with Crippen molar-refractivity contribution in [2.24, 2.45) is 11.1 Å². The number of hydrogen-bond donors (Lipinski definition) is 2. The maximum absolute atomic E-state index is 11.7. The van der Waals surface area contributed by atoms with E-state index in [4.69, 9.17) is 5.73 Å². The van der Waals surface area contributed by atoms with E-state index in [1.54, 1.807) is 0 Å². The van der Waals surface area contributed by atoms with Gasteiger partial charge in [-0.2, -0.15) is 0 Å². The van der Waals surface area contributed by atoms with Gasteiger partial charge in [0.1, 0.15) is 0 Å². The van der Waals surface area contributed by atoms with Crippen LogP contribution in [0.3, 0.4) is 0 Å². The summed E-state index contributed by atoms with van der Waals surface area (Å²) in [7, 11) is -2.92. The van der Waals surface area contributed by atoms with Crippen LogP contribution in [0.2, 0.25) is 0 Å². The molecule has 1 amide bonds. The van der Waals surface area contributed by atoms with Crippen molar-refractivity contribution in [2.45, 2.75) is 45.6 Å². The van der Waals surface area contributed by atoms with Crippen LogP contribution in [0, 0.1) is 5.41 Å². The van der Waals surface area contributed by atoms with Crippen LogP contribution in [0.25, 0.3) is 0 Å². The first-order valence-electron chi connectivity index (χ1n) is 6.44. The van der Waals surface area contributed by atoms with Crippen molar-refractivity contribution < 1.29 is 13.2 Å². The van der Waals surface area contributed by atoms with Crippen LogP contribution in [-0.2, 0) is 14.6 Å². The van der Waals surface area contributed by atoms with E-state index in [1.807, 2.05) is 0 Å². The molecule has 0 aromatic carbocycles. The molecule has 1 fully saturated rings. The fraction of sp³-hybridized carbons (Fsp3) is 0.917. The molecule has 1 aliphatic rings. The van der Waals surface area contributed by atoms with Gasteiger partial charge >= 0.3 is 0 Å². The van der Waals surface area contributed by atoms with Crippen LogP contribution in [0.15, 0.2) is 0 Å². The third-order valence-corrected chi connectivity index (χ3v) is 5.22. The van der Waals surface area contributed by atoms with Crippen LogP contribution < -0.4 is 11.1 Å². The van der Waals surface area contributed by atoms with Gasteiger partial charge in [-0.3, -0.25) is 4.79 Å². The third kappa shape index (κ3) is 5.35. The maximum Gasteiger partial charge on any atom is 0.220 e. The molecule has 0 saturated carbocycles. The minimum Gasteiger partial charge on any atom is -0.352 e. The summed E-state index contributed by atoms with van der Waals surface area (Å²) in [6.07, 6.45) is 2.64. The summed E-state index contributed by atoms with van der Waals surface area (Å²) in [5.74, 6) is 0.226. The van der Waals surface area contributed by atoms with Gasteiger partial charge < -0.3 is 11.1 Å². The van der Waals surface area contributed by atoms with E-state index >= 15 is 0 Å². The molecule has 0 spiro atoms. The first kappa shape index (κ1) is 15.4. The van der Waals surface area contributed by atoms with E-state index in [1.165, 1.54) is 0 Å². The predicted octanol–water partition coefficient (Wildman–Crippen LogP) is 0.445. The molecule has 106 valence electrons. The van der Waals surface area contributed by atoms with Gasteiger partial charge in [0.05, 0.1) is 11.5 Å². The lowest BCUT2D eigenvalue weighted by molar-refractivity contribution is -0.122. The Morgan fingerprint density at radius 1 is 1.39 bits per heavy atom. The normalized spacial score (nSPS) is 22.9. The zero-order chi connectivity index (χ0) is 13.8. The average molecular weight is 276 g/mol. The van der Waals surface area contributed by atoms with Crippen LogP contribution >= 0.6 is 0 Å². The van der Waals surface area contributed by atoms with Crippen molar-refractivity contribution in [3.05, 3.63) is 0 Å². The molecule has 0 radical (unpaired) electrons. The fourth-order valence-electron chi connectivity index (χ4n) is 2.18. The lowest BCUT2D eigenvalue weighted by Gasteiger charge is -2.23. The van der Waals surface area contributed by atoms with E-state index in [0.717, 1.165) is 12.8 Å². The molecule has 0 aromatic heterocycles. The number of rotatable bonds is 6. The topological polar surface area (TPSA) is 89.3 Å². The molecule has 3 N–H and O–H groups in total. The second-order valence-corrected chi connectivity index (χ2v) is 8.10. The van der Waals surface area contributed by atoms with Gasteiger partial charge in [-0.25, -0.2) is 8.42 Å². The van der Waals surface area contributed by atoms with Gasteiger partial charge in [-0.1, -0.05) is 13.8 Å². The minimum atomic E-state index is -2.92. The second-order valence-electron chi connectivity index (χ2n) is 5.87. The summed E-state index contributed by atoms with van der Waals surface area (Å²) in [6.45, 7) is 4.80. The van der Waals surface area contributed by atoms with Crippen molar-refractivity contribution in [1.82, 2.24) is 5.32 Å². The summed E-state index contributed by atoms with van der Waals surface area (Å²) in [5.41, 5.74) is 5.58. The molecule has 0 aliphatic carbocycles. The smallest absolute Gasteiger partial charge is 0.220 e. The second kappa shape index (κ2) is 6.02. The lowest BCUT2D eigenvalue weighted by Crippen LogP contribution is -2.36. The van der Waals surface area contributed by atoms with Crippen molar-refractivity contribution in [1.29, 1.82) is 0 Å². The average Bonchev–Trinajstić information content (AvgIpc) is 2.55. The Bertz CT molecular complexity index is 390. The summed E-state index contributed by atoms with van der Waals surface area (Å²) >= 11 is 0. The van der Waals surface area contributed by atoms with Gasteiger partial charge in [0.2, 0.25) is 5.91 Å². The van der Waals surface area contributed by atoms with Gasteiger partial charge in [-0.15, -0.1) is 0 Å². The fourth-order valence-corrected chi connectivity index (χ4v) is 3.85. The highest BCUT2D eigenvalue weighted by Gasteiger charge is 2.29. The van der Waals surface area contributed by atoms with Gasteiger partial charge in [-0.05, 0) is 31.2 Å². The van der Waals surface area contributed by atoms with Crippen molar-refractivity contribution in [3.8, 4) is 0 Å². The molecule has 0 aromatic rings. The molecular formula is C12H24N2O3S. The highest BCUT2D eigenvalue weighted by molar-refractivity contribution is 7.91. The SMILES string of the molecule is CC(C)(CCN)CCC(=O)NC1CCS(=O)(=O)C1. The minimum absolute atomic E-state index is 0.0535. The van der Waals surface area contributed by atoms with Gasteiger partial charge in [0.15, 0.2) is 9.84 Å². The molecule has 1 unspecified atom stereocenters. The quantitative estimate of drug-likeness (QED) is 0.737. The zero-order valence-electron chi connectivity index (χ0n) is 11.2. The monoisotopic (exact) mass is 276 g/mol. The number of amides is 1. The maximum atomic E-state index is 11.7. The Morgan fingerprint density at radius 2 is 2.06 bits per heavy atom. The molecule has 18 heavy (non-hydrogen) atoms. The molecule has 1 rings (SSSR count). The highest BCUT2D eigenvalue weighted by atomic mass is 32.2. The van der Waals surface area contributed by atoms with E-state index in [9.17, 15) is 13.2 Å². The van der Waals surface area contributed by atoms with Crippen LogP contribution in [0.5, 0.6) is 0 Å². The Balaban J connectivity index is 2.30. The molecule has 1 atom stereocenters. The van der Waals surface area contributed by atoms with E-state index in [-0.39, 0.29) is 28.9 Å². The Kier molecular flexibility index (Phi) is 5.16. The lowest BCUT2D eigenvalue weighted by atomic mass is 9.84. The Hall–Kier alpha value is -0.620. The van der Waals surface area contributed by atoms with Crippen molar-refractivity contribution >= 4 is 15.7 Å². The van der Waals surface area contributed by atoms with Crippen LogP contribution in [-0.4, -0.2) is 38.4 Å². The number of sulfone groups is 1. The van der Waals surface area contributed by atoms with Gasteiger partial charge in [0, 0.05) is 12.5 Å². The first-order valence-corrected chi connectivity index (χ1v) is 8.26. The molecule has 0 bridgehead atoms. The molecule has 6 heteroatoms. The molecule has 5 nitrogen and oxygen atoms in total. The molecule has 1 heterocycles. The Labute approximate surface area is 109 Å². The van der Waals surface area contributed by atoms with Crippen molar-refractivity contribution in [2.75, 3.05) is 18.1 Å². The predicted molar refractivity (Wildman–Crippen MR) is 71.9 cm³/mol. The first-order chi connectivity index (χ1) is 8.24. The van der Waals surface area contributed by atoms with E-state index < -0.39 is 9.84 Å². The molecular weight excluding hydrogens is 252 g/mol. The number of carbonyl (C=O) groups excluding carboxylic acids is 1. The Morgan fingerprint density at radius 3 is 2.56 bits per heavy atom. The standard InChI is InChI=1S/C12H24N2O3S/c1-12(2,6-7-13)5-3-11(15)14-10-4-8-18(16,17)9-10/h10H,3-9,13H2,1-2H3,(H,14,15). The zero-order valence-corrected chi connectivity index (χ0v) is 12.1. The number of carbonyl (C=O) groups is 1. The summed E-state index contributed by atoms with van der Waals surface area (Å²) in [4.78, 5) is 11.7. The summed E-state index contributed by atoms with van der Waals surface area (Å²) in [5, 5.41) is 2.80. The van der Waals surface area contributed by atoms with Crippen molar-refractivity contribution in [3.63, 3.8) is 0 Å². The van der Waals surface area contributed by atoms with Crippen LogP contribution in [0.1, 0.15) is 39.5 Å². The van der Waals surface area contributed by atoms with E-state index in [0.29, 0.717) is 19.4 Å². The van der Waals surface area contributed by atoms with Gasteiger partial charge in [0.25, 0.3) is 0 Å². The van der Waals surface area contributed by atoms with E-state index in [2.05, 4.69) is 19.2 Å².